The van der Waals surface area contributed by atoms with Crippen molar-refractivity contribution in [1.29, 1.82) is 0 Å². The molecule has 0 fully saturated rings. The summed E-state index contributed by atoms with van der Waals surface area (Å²) >= 11 is 1.47. The molecule has 0 aromatic heterocycles. The second kappa shape index (κ2) is 6.49. The predicted molar refractivity (Wildman–Crippen MR) is 80.4 cm³/mol. The monoisotopic (exact) mass is 307 g/mol. The largest absolute Gasteiger partial charge is 0.465 e. The first-order chi connectivity index (χ1) is 10.1. The number of esters is 1. The van der Waals surface area contributed by atoms with E-state index in [0.717, 1.165) is 11.0 Å². The summed E-state index contributed by atoms with van der Waals surface area (Å²) < 4.78 is 24.1. The minimum atomic E-state index is -0.643. The van der Waals surface area contributed by atoms with Gasteiger partial charge in [0, 0.05) is 22.7 Å². The van der Waals surface area contributed by atoms with E-state index in [-0.39, 0.29) is 17.0 Å². The van der Waals surface area contributed by atoms with Gasteiger partial charge in [0.1, 0.15) is 5.75 Å². The third kappa shape index (κ3) is 3.28. The molecule has 2 N–H and O–H groups in total. The quantitative estimate of drug-likeness (QED) is 0.530. The number of carbonyl (C=O) groups is 1. The molecular formula is C15H14FNO3S. The number of thioether (sulfide) groups is 1. The Labute approximate surface area is 126 Å². The van der Waals surface area contributed by atoms with Crippen LogP contribution in [-0.4, -0.2) is 19.3 Å². The second-order valence-electron chi connectivity index (χ2n) is 4.11. The maximum Gasteiger partial charge on any atom is 0.340 e. The molecule has 0 amide bonds. The molecule has 0 spiro atoms. The van der Waals surface area contributed by atoms with Crippen molar-refractivity contribution >= 4 is 23.4 Å². The lowest BCUT2D eigenvalue weighted by Crippen LogP contribution is -2.07. The van der Waals surface area contributed by atoms with Gasteiger partial charge >= 0.3 is 5.97 Å². The zero-order valence-electron chi connectivity index (χ0n) is 11.6. The first-order valence-electron chi connectivity index (χ1n) is 6.05. The van der Waals surface area contributed by atoms with Crippen molar-refractivity contribution in [3.05, 3.63) is 47.8 Å². The summed E-state index contributed by atoms with van der Waals surface area (Å²) in [5.74, 6) is -0.859. The summed E-state index contributed by atoms with van der Waals surface area (Å²) in [4.78, 5) is 12.4. The second-order valence-corrected chi connectivity index (χ2v) is 4.96. The van der Waals surface area contributed by atoms with Crippen molar-refractivity contribution in [2.45, 2.75) is 4.90 Å². The molecule has 0 aliphatic carbocycles. The molecule has 0 aliphatic heterocycles. The van der Waals surface area contributed by atoms with Crippen LogP contribution in [0.1, 0.15) is 10.4 Å². The summed E-state index contributed by atoms with van der Waals surface area (Å²) in [5.41, 5.74) is 5.69. The highest BCUT2D eigenvalue weighted by Gasteiger charge is 2.16. The van der Waals surface area contributed by atoms with Crippen molar-refractivity contribution in [2.24, 2.45) is 0 Å². The van der Waals surface area contributed by atoms with E-state index in [1.807, 2.05) is 18.4 Å². The number of nitrogens with two attached hydrogens (primary N) is 1. The predicted octanol–water partition coefficient (Wildman–Crippen LogP) is 3.71. The Morgan fingerprint density at radius 2 is 1.95 bits per heavy atom. The molecule has 0 saturated heterocycles. The fourth-order valence-corrected chi connectivity index (χ4v) is 2.28. The van der Waals surface area contributed by atoms with Gasteiger partial charge in [-0.3, -0.25) is 0 Å². The van der Waals surface area contributed by atoms with Crippen LogP contribution in [0, 0.1) is 5.82 Å². The van der Waals surface area contributed by atoms with E-state index >= 15 is 0 Å². The molecule has 0 atom stereocenters. The number of ether oxygens (including phenoxy) is 2. The minimum absolute atomic E-state index is 0.00449. The highest BCUT2D eigenvalue weighted by Crippen LogP contribution is 2.34. The Bertz CT molecular complexity index is 676. The van der Waals surface area contributed by atoms with E-state index in [2.05, 4.69) is 4.74 Å². The average Bonchev–Trinajstić information content (AvgIpc) is 2.49. The number of benzene rings is 2. The lowest BCUT2D eigenvalue weighted by molar-refractivity contribution is 0.0601. The molecule has 6 heteroatoms. The van der Waals surface area contributed by atoms with Gasteiger partial charge in [-0.25, -0.2) is 9.18 Å². The number of carbonyl (C=O) groups excluding carboxylic acids is 1. The number of nitrogen functional groups attached to an aromatic ring is 1. The standard InChI is InChI=1S/C15H14FNO3S/c1-19-15(18)9-7-13(10(16)8-11(9)17)20-12-5-3-4-6-14(12)21-2/h3-8H,17H2,1-2H3. The van der Waals surface area contributed by atoms with Crippen LogP contribution in [-0.2, 0) is 4.74 Å². The van der Waals surface area contributed by atoms with Crippen molar-refractivity contribution in [1.82, 2.24) is 0 Å². The SMILES string of the molecule is COC(=O)c1cc(Oc2ccccc2SC)c(F)cc1N. The topological polar surface area (TPSA) is 61.5 Å². The van der Waals surface area contributed by atoms with Gasteiger partial charge in [0.05, 0.1) is 12.7 Å². The summed E-state index contributed by atoms with van der Waals surface area (Å²) in [6, 6.07) is 9.51. The summed E-state index contributed by atoms with van der Waals surface area (Å²) in [6.45, 7) is 0. The lowest BCUT2D eigenvalue weighted by Gasteiger charge is -2.12. The fraction of sp³-hybridized carbons (Fsp3) is 0.133. The Morgan fingerprint density at radius 1 is 1.24 bits per heavy atom. The molecule has 21 heavy (non-hydrogen) atoms. The van der Waals surface area contributed by atoms with Gasteiger partial charge in [-0.05, 0) is 18.4 Å². The van der Waals surface area contributed by atoms with Crippen molar-refractivity contribution in [3.63, 3.8) is 0 Å². The van der Waals surface area contributed by atoms with E-state index in [9.17, 15) is 9.18 Å². The number of hydrogen-bond acceptors (Lipinski definition) is 5. The van der Waals surface area contributed by atoms with Gasteiger partial charge in [-0.1, -0.05) is 12.1 Å². The Balaban J connectivity index is 2.42. The van der Waals surface area contributed by atoms with Crippen LogP contribution in [0.5, 0.6) is 11.5 Å². The van der Waals surface area contributed by atoms with Gasteiger partial charge in [0.2, 0.25) is 0 Å². The maximum absolute atomic E-state index is 14.0. The van der Waals surface area contributed by atoms with E-state index < -0.39 is 11.8 Å². The zero-order chi connectivity index (χ0) is 15.4. The number of rotatable bonds is 4. The number of halogens is 1. The molecule has 0 heterocycles. The maximum atomic E-state index is 14.0. The Kier molecular flexibility index (Phi) is 4.70. The fourth-order valence-electron chi connectivity index (χ4n) is 1.76. The van der Waals surface area contributed by atoms with Crippen molar-refractivity contribution in [2.75, 3.05) is 19.1 Å². The molecular weight excluding hydrogens is 293 g/mol. The number of hydrogen-bond donors (Lipinski definition) is 1. The summed E-state index contributed by atoms with van der Waals surface area (Å²) in [6.07, 6.45) is 1.89. The van der Waals surface area contributed by atoms with Gasteiger partial charge in [0.15, 0.2) is 11.6 Å². The summed E-state index contributed by atoms with van der Waals surface area (Å²) in [5, 5.41) is 0. The molecule has 0 radical (unpaired) electrons. The van der Waals surface area contributed by atoms with Crippen LogP contribution >= 0.6 is 11.8 Å². The number of para-hydroxylation sites is 1. The van der Waals surface area contributed by atoms with Crippen LogP contribution in [0.15, 0.2) is 41.3 Å². The van der Waals surface area contributed by atoms with Crippen LogP contribution in [0.4, 0.5) is 10.1 Å². The first-order valence-corrected chi connectivity index (χ1v) is 7.27. The van der Waals surface area contributed by atoms with Crippen molar-refractivity contribution in [3.8, 4) is 11.5 Å². The van der Waals surface area contributed by atoms with E-state index in [1.54, 1.807) is 12.1 Å². The van der Waals surface area contributed by atoms with Crippen LogP contribution < -0.4 is 10.5 Å². The van der Waals surface area contributed by atoms with Crippen LogP contribution in [0.3, 0.4) is 0 Å². The lowest BCUT2D eigenvalue weighted by atomic mass is 10.1. The first kappa shape index (κ1) is 15.2. The van der Waals surface area contributed by atoms with Gasteiger partial charge in [0.25, 0.3) is 0 Å². The van der Waals surface area contributed by atoms with E-state index in [0.29, 0.717) is 5.75 Å². The molecule has 2 aromatic carbocycles. The van der Waals surface area contributed by atoms with Crippen LogP contribution in [0.2, 0.25) is 0 Å². The molecule has 0 bridgehead atoms. The molecule has 2 aromatic rings. The third-order valence-corrected chi connectivity index (χ3v) is 3.58. The minimum Gasteiger partial charge on any atom is -0.465 e. The molecule has 0 unspecified atom stereocenters. The summed E-state index contributed by atoms with van der Waals surface area (Å²) in [7, 11) is 1.23. The molecule has 0 aliphatic rings. The molecule has 110 valence electrons. The third-order valence-electron chi connectivity index (χ3n) is 2.80. The van der Waals surface area contributed by atoms with Gasteiger partial charge < -0.3 is 15.2 Å². The normalized spacial score (nSPS) is 10.2. The highest BCUT2D eigenvalue weighted by molar-refractivity contribution is 7.98. The van der Waals surface area contributed by atoms with E-state index in [1.165, 1.54) is 24.9 Å². The zero-order valence-corrected chi connectivity index (χ0v) is 12.4. The van der Waals surface area contributed by atoms with Crippen molar-refractivity contribution < 1.29 is 18.7 Å². The molecule has 0 saturated carbocycles. The number of methoxy groups -OCH3 is 1. The molecule has 2 rings (SSSR count). The Hall–Kier alpha value is -2.21. The van der Waals surface area contributed by atoms with Crippen LogP contribution in [0.25, 0.3) is 0 Å². The van der Waals surface area contributed by atoms with Gasteiger partial charge in [-0.15, -0.1) is 11.8 Å². The highest BCUT2D eigenvalue weighted by atomic mass is 32.2. The van der Waals surface area contributed by atoms with E-state index in [4.69, 9.17) is 10.5 Å². The van der Waals surface area contributed by atoms with Gasteiger partial charge in [-0.2, -0.15) is 0 Å². The molecule has 4 nitrogen and oxygen atoms in total. The average molecular weight is 307 g/mol. The Morgan fingerprint density at radius 3 is 2.62 bits per heavy atom. The number of anilines is 1. The smallest absolute Gasteiger partial charge is 0.340 e.